The first-order valence-corrected chi connectivity index (χ1v) is 8.37. The minimum atomic E-state index is -0.0734. The second kappa shape index (κ2) is 6.98. The maximum Gasteiger partial charge on any atom is 0.317 e. The van der Waals surface area contributed by atoms with Crippen molar-refractivity contribution in [3.05, 3.63) is 29.6 Å². The monoisotopic (exact) mass is 316 g/mol. The van der Waals surface area contributed by atoms with Gasteiger partial charge >= 0.3 is 6.03 Å². The van der Waals surface area contributed by atoms with Gasteiger partial charge in [-0.15, -0.1) is 0 Å². The van der Waals surface area contributed by atoms with Crippen LogP contribution in [-0.4, -0.2) is 52.9 Å². The van der Waals surface area contributed by atoms with E-state index in [4.69, 9.17) is 0 Å². The third-order valence-electron chi connectivity index (χ3n) is 4.55. The first kappa shape index (κ1) is 15.8. The standard InChI is InChI=1S/C17H24N4O2/c1-13-4-2-7-18-15(13)12-19-17(23)21-9-3-8-20(10-11-21)16(22)14-5-6-14/h2,4,7,14H,3,5-6,8-12H2,1H3,(H,19,23). The number of amides is 3. The lowest BCUT2D eigenvalue weighted by atomic mass is 10.2. The van der Waals surface area contributed by atoms with Gasteiger partial charge in [0.2, 0.25) is 5.91 Å². The Balaban J connectivity index is 1.49. The lowest BCUT2D eigenvalue weighted by molar-refractivity contribution is -0.132. The van der Waals surface area contributed by atoms with Crippen molar-refractivity contribution in [2.45, 2.75) is 32.7 Å². The number of nitrogens with one attached hydrogen (secondary N) is 1. The fraction of sp³-hybridized carbons (Fsp3) is 0.588. The van der Waals surface area contributed by atoms with Crippen molar-refractivity contribution in [2.75, 3.05) is 26.2 Å². The smallest absolute Gasteiger partial charge is 0.317 e. The molecule has 1 saturated heterocycles. The molecule has 0 bridgehead atoms. The highest BCUT2D eigenvalue weighted by Crippen LogP contribution is 2.31. The highest BCUT2D eigenvalue weighted by molar-refractivity contribution is 5.81. The molecule has 124 valence electrons. The number of carbonyl (C=O) groups excluding carboxylic acids is 2. The van der Waals surface area contributed by atoms with Crippen LogP contribution in [0.2, 0.25) is 0 Å². The number of aromatic nitrogens is 1. The Labute approximate surface area is 136 Å². The van der Waals surface area contributed by atoms with Gasteiger partial charge in [-0.05, 0) is 37.8 Å². The number of hydrogen-bond acceptors (Lipinski definition) is 3. The number of rotatable bonds is 3. The van der Waals surface area contributed by atoms with E-state index in [0.29, 0.717) is 26.2 Å². The summed E-state index contributed by atoms with van der Waals surface area (Å²) >= 11 is 0. The molecule has 0 spiro atoms. The fourth-order valence-corrected chi connectivity index (χ4v) is 2.90. The first-order valence-electron chi connectivity index (χ1n) is 8.37. The summed E-state index contributed by atoms with van der Waals surface area (Å²) in [5.41, 5.74) is 1.96. The molecule has 2 fully saturated rings. The summed E-state index contributed by atoms with van der Waals surface area (Å²) in [5, 5.41) is 2.94. The molecular weight excluding hydrogens is 292 g/mol. The Morgan fingerprint density at radius 2 is 1.96 bits per heavy atom. The Kier molecular flexibility index (Phi) is 4.79. The van der Waals surface area contributed by atoms with E-state index in [2.05, 4.69) is 10.3 Å². The van der Waals surface area contributed by atoms with E-state index >= 15 is 0 Å². The van der Waals surface area contributed by atoms with Crippen LogP contribution in [0.3, 0.4) is 0 Å². The molecule has 1 N–H and O–H groups in total. The molecule has 6 nitrogen and oxygen atoms in total. The maximum atomic E-state index is 12.3. The van der Waals surface area contributed by atoms with Gasteiger partial charge in [-0.25, -0.2) is 4.79 Å². The molecule has 0 radical (unpaired) electrons. The van der Waals surface area contributed by atoms with E-state index < -0.39 is 0 Å². The molecule has 1 aromatic heterocycles. The second-order valence-corrected chi connectivity index (χ2v) is 6.37. The molecule has 1 aliphatic carbocycles. The van der Waals surface area contributed by atoms with Gasteiger partial charge in [0, 0.05) is 38.3 Å². The van der Waals surface area contributed by atoms with Gasteiger partial charge in [-0.1, -0.05) is 6.07 Å². The maximum absolute atomic E-state index is 12.3. The van der Waals surface area contributed by atoms with Crippen LogP contribution in [0.5, 0.6) is 0 Å². The van der Waals surface area contributed by atoms with Gasteiger partial charge in [0.25, 0.3) is 0 Å². The van der Waals surface area contributed by atoms with E-state index in [1.165, 1.54) is 0 Å². The van der Waals surface area contributed by atoms with Crippen molar-refractivity contribution in [1.82, 2.24) is 20.1 Å². The molecule has 0 atom stereocenters. The SMILES string of the molecule is Cc1cccnc1CNC(=O)N1CCCN(C(=O)C2CC2)CC1. The van der Waals surface area contributed by atoms with Gasteiger partial charge in [0.15, 0.2) is 0 Å². The molecule has 1 saturated carbocycles. The molecule has 3 amide bonds. The molecule has 1 aliphatic heterocycles. The van der Waals surface area contributed by atoms with E-state index in [1.807, 2.05) is 24.0 Å². The summed E-state index contributed by atoms with van der Waals surface area (Å²) in [5.74, 6) is 0.527. The van der Waals surface area contributed by atoms with Crippen molar-refractivity contribution in [3.8, 4) is 0 Å². The van der Waals surface area contributed by atoms with Crippen molar-refractivity contribution >= 4 is 11.9 Å². The molecule has 2 heterocycles. The predicted molar refractivity (Wildman–Crippen MR) is 86.7 cm³/mol. The van der Waals surface area contributed by atoms with Crippen LogP contribution in [0.15, 0.2) is 18.3 Å². The minimum Gasteiger partial charge on any atom is -0.341 e. The van der Waals surface area contributed by atoms with Crippen molar-refractivity contribution in [2.24, 2.45) is 5.92 Å². The largest absolute Gasteiger partial charge is 0.341 e. The fourth-order valence-electron chi connectivity index (χ4n) is 2.90. The number of urea groups is 1. The number of aryl methyl sites for hydroxylation is 1. The molecule has 0 aromatic carbocycles. The van der Waals surface area contributed by atoms with Crippen LogP contribution in [0.25, 0.3) is 0 Å². The normalized spacial score (nSPS) is 18.5. The summed E-state index contributed by atoms with van der Waals surface area (Å²) in [6.45, 7) is 5.13. The van der Waals surface area contributed by atoms with E-state index in [0.717, 1.165) is 37.1 Å². The van der Waals surface area contributed by atoms with E-state index in [-0.39, 0.29) is 17.9 Å². The minimum absolute atomic E-state index is 0.0734. The van der Waals surface area contributed by atoms with Crippen LogP contribution < -0.4 is 5.32 Å². The molecule has 0 unspecified atom stereocenters. The third kappa shape index (κ3) is 4.00. The molecule has 3 rings (SSSR count). The zero-order valence-electron chi connectivity index (χ0n) is 13.6. The Bertz CT molecular complexity index is 586. The van der Waals surface area contributed by atoms with Crippen molar-refractivity contribution < 1.29 is 9.59 Å². The summed E-state index contributed by atoms with van der Waals surface area (Å²) in [7, 11) is 0. The van der Waals surface area contributed by atoms with Crippen LogP contribution in [0, 0.1) is 12.8 Å². The molecular formula is C17H24N4O2. The molecule has 2 aliphatic rings. The molecule has 6 heteroatoms. The van der Waals surface area contributed by atoms with Crippen LogP contribution >= 0.6 is 0 Å². The Morgan fingerprint density at radius 1 is 1.22 bits per heavy atom. The van der Waals surface area contributed by atoms with Crippen molar-refractivity contribution in [3.63, 3.8) is 0 Å². The van der Waals surface area contributed by atoms with Gasteiger partial charge in [0.05, 0.1) is 12.2 Å². The quantitative estimate of drug-likeness (QED) is 0.920. The number of nitrogens with zero attached hydrogens (tertiary/aromatic N) is 3. The summed E-state index contributed by atoms with van der Waals surface area (Å²) < 4.78 is 0. The predicted octanol–water partition coefficient (Wildman–Crippen LogP) is 1.54. The lowest BCUT2D eigenvalue weighted by Crippen LogP contribution is -2.42. The van der Waals surface area contributed by atoms with Crippen molar-refractivity contribution in [1.29, 1.82) is 0 Å². The van der Waals surface area contributed by atoms with Crippen LogP contribution in [0.4, 0.5) is 4.79 Å². The number of pyridine rings is 1. The third-order valence-corrected chi connectivity index (χ3v) is 4.55. The van der Waals surface area contributed by atoms with Gasteiger partial charge in [0.1, 0.15) is 0 Å². The average molecular weight is 316 g/mol. The first-order chi connectivity index (χ1) is 11.1. The lowest BCUT2D eigenvalue weighted by Gasteiger charge is -2.22. The molecule has 23 heavy (non-hydrogen) atoms. The van der Waals surface area contributed by atoms with Gasteiger partial charge in [-0.2, -0.15) is 0 Å². The zero-order valence-corrected chi connectivity index (χ0v) is 13.6. The number of carbonyl (C=O) groups is 2. The zero-order chi connectivity index (χ0) is 16.2. The van der Waals surface area contributed by atoms with Gasteiger partial charge in [-0.3, -0.25) is 9.78 Å². The average Bonchev–Trinajstić information content (AvgIpc) is 3.39. The Morgan fingerprint density at radius 3 is 2.70 bits per heavy atom. The highest BCUT2D eigenvalue weighted by atomic mass is 16.2. The summed E-state index contributed by atoms with van der Waals surface area (Å²) in [6, 6.07) is 3.80. The van der Waals surface area contributed by atoms with E-state index in [9.17, 15) is 9.59 Å². The Hall–Kier alpha value is -2.11. The van der Waals surface area contributed by atoms with Crippen LogP contribution in [-0.2, 0) is 11.3 Å². The van der Waals surface area contributed by atoms with Gasteiger partial charge < -0.3 is 15.1 Å². The van der Waals surface area contributed by atoms with Crippen LogP contribution in [0.1, 0.15) is 30.5 Å². The highest BCUT2D eigenvalue weighted by Gasteiger charge is 2.34. The number of hydrogen-bond donors (Lipinski definition) is 1. The summed E-state index contributed by atoms with van der Waals surface area (Å²) in [6.07, 6.45) is 4.64. The topological polar surface area (TPSA) is 65.5 Å². The molecule has 1 aromatic rings. The summed E-state index contributed by atoms with van der Waals surface area (Å²) in [4.78, 5) is 32.5. The van der Waals surface area contributed by atoms with E-state index in [1.54, 1.807) is 11.1 Å². The second-order valence-electron chi connectivity index (χ2n) is 6.37.